The quantitative estimate of drug-likeness (QED) is 0.931. The third kappa shape index (κ3) is 4.21. The number of hydrogen-bond acceptors (Lipinski definition) is 2. The van der Waals surface area contributed by atoms with Crippen molar-refractivity contribution in [2.75, 3.05) is 19.6 Å². The van der Waals surface area contributed by atoms with Crippen LogP contribution in [-0.4, -0.2) is 30.4 Å². The predicted molar refractivity (Wildman–Crippen MR) is 90.2 cm³/mol. The minimum Gasteiger partial charge on any atom is -0.338 e. The molecule has 1 aliphatic heterocycles. The van der Waals surface area contributed by atoms with Crippen LogP contribution in [0.25, 0.3) is 0 Å². The summed E-state index contributed by atoms with van der Waals surface area (Å²) in [5.41, 5.74) is 9.95. The van der Waals surface area contributed by atoms with Crippen molar-refractivity contribution in [1.82, 2.24) is 4.90 Å². The first kappa shape index (κ1) is 18.0. The number of amides is 1. The number of piperidine rings is 1. The van der Waals surface area contributed by atoms with Crippen LogP contribution >= 0.6 is 12.4 Å². The molecule has 1 amide bonds. The average molecular weight is 311 g/mol. The Morgan fingerprint density at radius 2 is 1.90 bits per heavy atom. The molecule has 1 fully saturated rings. The van der Waals surface area contributed by atoms with Crippen LogP contribution in [0.15, 0.2) is 12.1 Å². The standard InChI is InChI=1S/C17H26N2O.ClH/c1-12-9-13(2)16(14(3)10-12)17(20)19-8-4-5-15(11-19)6-7-18;/h9-10,15H,4-8,11,18H2,1-3H3;1H. The molecule has 0 bridgehead atoms. The zero-order chi connectivity index (χ0) is 14.7. The molecule has 1 unspecified atom stereocenters. The molecule has 0 radical (unpaired) electrons. The number of aryl methyl sites for hydroxylation is 3. The average Bonchev–Trinajstić information content (AvgIpc) is 2.38. The van der Waals surface area contributed by atoms with E-state index in [9.17, 15) is 4.79 Å². The minimum absolute atomic E-state index is 0. The highest BCUT2D eigenvalue weighted by Crippen LogP contribution is 2.24. The van der Waals surface area contributed by atoms with E-state index in [1.54, 1.807) is 0 Å². The van der Waals surface area contributed by atoms with Crippen molar-refractivity contribution < 1.29 is 4.79 Å². The molecule has 1 aromatic carbocycles. The highest BCUT2D eigenvalue weighted by Gasteiger charge is 2.25. The van der Waals surface area contributed by atoms with Crippen LogP contribution in [0.1, 0.15) is 46.3 Å². The van der Waals surface area contributed by atoms with Crippen molar-refractivity contribution in [3.05, 3.63) is 34.4 Å². The van der Waals surface area contributed by atoms with Gasteiger partial charge in [-0.05, 0) is 63.6 Å². The Morgan fingerprint density at radius 3 is 2.48 bits per heavy atom. The lowest BCUT2D eigenvalue weighted by Crippen LogP contribution is -2.41. The van der Waals surface area contributed by atoms with Crippen LogP contribution in [0.4, 0.5) is 0 Å². The van der Waals surface area contributed by atoms with Crippen molar-refractivity contribution in [3.63, 3.8) is 0 Å². The molecule has 0 saturated carbocycles. The molecule has 0 spiro atoms. The van der Waals surface area contributed by atoms with Crippen molar-refractivity contribution >= 4 is 18.3 Å². The van der Waals surface area contributed by atoms with Gasteiger partial charge in [-0.3, -0.25) is 4.79 Å². The molecule has 118 valence electrons. The second-order valence-corrected chi connectivity index (χ2v) is 6.11. The monoisotopic (exact) mass is 310 g/mol. The summed E-state index contributed by atoms with van der Waals surface area (Å²) in [5.74, 6) is 0.769. The van der Waals surface area contributed by atoms with E-state index < -0.39 is 0 Å². The van der Waals surface area contributed by atoms with E-state index in [1.165, 1.54) is 12.0 Å². The fourth-order valence-corrected chi connectivity index (χ4v) is 3.40. The van der Waals surface area contributed by atoms with Gasteiger partial charge >= 0.3 is 0 Å². The second kappa shape index (κ2) is 7.81. The highest BCUT2D eigenvalue weighted by molar-refractivity contribution is 5.97. The summed E-state index contributed by atoms with van der Waals surface area (Å²) < 4.78 is 0. The molecule has 1 atom stereocenters. The summed E-state index contributed by atoms with van der Waals surface area (Å²) >= 11 is 0. The van der Waals surface area contributed by atoms with Gasteiger partial charge in [-0.25, -0.2) is 0 Å². The number of likely N-dealkylation sites (tertiary alicyclic amines) is 1. The van der Waals surface area contributed by atoms with E-state index >= 15 is 0 Å². The zero-order valence-electron chi connectivity index (χ0n) is 13.3. The van der Waals surface area contributed by atoms with Crippen molar-refractivity contribution in [2.45, 2.75) is 40.0 Å². The Bertz CT molecular complexity index is 477. The third-order valence-electron chi connectivity index (χ3n) is 4.27. The van der Waals surface area contributed by atoms with Gasteiger partial charge in [0.1, 0.15) is 0 Å². The number of carbonyl (C=O) groups is 1. The summed E-state index contributed by atoms with van der Waals surface area (Å²) in [6.07, 6.45) is 3.32. The lowest BCUT2D eigenvalue weighted by atomic mass is 9.93. The fourth-order valence-electron chi connectivity index (χ4n) is 3.40. The first-order valence-corrected chi connectivity index (χ1v) is 7.60. The Balaban J connectivity index is 0.00000220. The molecule has 21 heavy (non-hydrogen) atoms. The Morgan fingerprint density at radius 1 is 1.29 bits per heavy atom. The van der Waals surface area contributed by atoms with Gasteiger partial charge in [0.15, 0.2) is 0 Å². The molecule has 1 aliphatic rings. The second-order valence-electron chi connectivity index (χ2n) is 6.11. The Labute approximate surface area is 134 Å². The van der Waals surface area contributed by atoms with Gasteiger partial charge in [-0.1, -0.05) is 17.7 Å². The molecule has 0 aliphatic carbocycles. The molecule has 0 aromatic heterocycles. The van der Waals surface area contributed by atoms with Gasteiger partial charge in [-0.15, -0.1) is 12.4 Å². The molecule has 4 heteroatoms. The number of benzene rings is 1. The van der Waals surface area contributed by atoms with E-state index in [1.807, 2.05) is 18.7 Å². The SMILES string of the molecule is Cc1cc(C)c(C(=O)N2CCCC(CCN)C2)c(C)c1.Cl. The van der Waals surface area contributed by atoms with Crippen molar-refractivity contribution in [3.8, 4) is 0 Å². The number of nitrogens with zero attached hydrogens (tertiary/aromatic N) is 1. The summed E-state index contributed by atoms with van der Waals surface area (Å²) in [7, 11) is 0. The smallest absolute Gasteiger partial charge is 0.254 e. The van der Waals surface area contributed by atoms with Gasteiger partial charge in [0.2, 0.25) is 0 Å². The summed E-state index contributed by atoms with van der Waals surface area (Å²) in [6, 6.07) is 4.20. The van der Waals surface area contributed by atoms with Crippen LogP contribution < -0.4 is 5.73 Å². The summed E-state index contributed by atoms with van der Waals surface area (Å²) in [5, 5.41) is 0. The molecular weight excluding hydrogens is 284 g/mol. The van der Waals surface area contributed by atoms with Crippen molar-refractivity contribution in [2.24, 2.45) is 11.7 Å². The summed E-state index contributed by atoms with van der Waals surface area (Å²) in [4.78, 5) is 14.8. The first-order valence-electron chi connectivity index (χ1n) is 7.60. The van der Waals surface area contributed by atoms with Gasteiger partial charge < -0.3 is 10.6 Å². The van der Waals surface area contributed by atoms with Crippen LogP contribution in [0.3, 0.4) is 0 Å². The third-order valence-corrected chi connectivity index (χ3v) is 4.27. The fraction of sp³-hybridized carbons (Fsp3) is 0.588. The topological polar surface area (TPSA) is 46.3 Å². The normalized spacial score (nSPS) is 18.3. The molecule has 1 heterocycles. The molecule has 2 rings (SSSR count). The maximum Gasteiger partial charge on any atom is 0.254 e. The number of carbonyl (C=O) groups excluding carboxylic acids is 1. The van der Waals surface area contributed by atoms with Gasteiger partial charge in [-0.2, -0.15) is 0 Å². The lowest BCUT2D eigenvalue weighted by molar-refractivity contribution is 0.0668. The number of halogens is 1. The van der Waals surface area contributed by atoms with E-state index in [0.717, 1.165) is 49.2 Å². The van der Waals surface area contributed by atoms with Gasteiger partial charge in [0.05, 0.1) is 0 Å². The highest BCUT2D eigenvalue weighted by atomic mass is 35.5. The molecule has 1 aromatic rings. The molecule has 2 N–H and O–H groups in total. The first-order chi connectivity index (χ1) is 9.52. The minimum atomic E-state index is 0. The van der Waals surface area contributed by atoms with Gasteiger partial charge in [0, 0.05) is 18.7 Å². The van der Waals surface area contributed by atoms with E-state index in [-0.39, 0.29) is 18.3 Å². The van der Waals surface area contributed by atoms with E-state index in [4.69, 9.17) is 5.73 Å². The number of nitrogens with two attached hydrogens (primary N) is 1. The summed E-state index contributed by atoms with van der Waals surface area (Å²) in [6.45, 7) is 8.61. The number of rotatable bonds is 3. The van der Waals surface area contributed by atoms with Crippen LogP contribution in [0.5, 0.6) is 0 Å². The largest absolute Gasteiger partial charge is 0.338 e. The predicted octanol–water partition coefficient (Wildman–Crippen LogP) is 3.23. The van der Waals surface area contributed by atoms with Crippen molar-refractivity contribution in [1.29, 1.82) is 0 Å². The van der Waals surface area contributed by atoms with E-state index in [2.05, 4.69) is 19.1 Å². The maximum atomic E-state index is 12.8. The molecule has 3 nitrogen and oxygen atoms in total. The van der Waals surface area contributed by atoms with E-state index in [0.29, 0.717) is 5.92 Å². The lowest BCUT2D eigenvalue weighted by Gasteiger charge is -2.33. The Hall–Kier alpha value is -1.06. The zero-order valence-corrected chi connectivity index (χ0v) is 14.1. The van der Waals surface area contributed by atoms with Crippen LogP contribution in [0.2, 0.25) is 0 Å². The van der Waals surface area contributed by atoms with Crippen LogP contribution in [0, 0.1) is 26.7 Å². The maximum absolute atomic E-state index is 12.8. The Kier molecular flexibility index (Phi) is 6.69. The number of hydrogen-bond donors (Lipinski definition) is 1. The molecular formula is C17H27ClN2O. The van der Waals surface area contributed by atoms with Crippen LogP contribution in [-0.2, 0) is 0 Å². The molecule has 1 saturated heterocycles. The van der Waals surface area contributed by atoms with Gasteiger partial charge in [0.25, 0.3) is 5.91 Å².